The molecule has 22 heteroatoms. The summed E-state index contributed by atoms with van der Waals surface area (Å²) in [5.74, 6) is 0.979. The predicted octanol–water partition coefficient (Wildman–Crippen LogP) is 15.9. The first kappa shape index (κ1) is 65.4. The standard InChI is InChI=1S/C33H30Cl2N2O5S.C30H23Cl2NO4.C2H8N2O2S/c1-20(2)33-27(32(36-42-33)31-28(34)9-6-10-29(31)35)18-41-24-14-11-21(12-15-24)22-13-16-25-23(17-22)7-5-8-26(25)30(38)19-43(39,40)37(3)4;1-17(2)29-24(28(33-37-29)27-25(31)7-4-8-26(27)32)16-36-21-12-9-18(10-13-21)19-11-14-22-20(15-19)5-3-6-23(22)30(34)35;1-4(2)7(3,5)6/h5-17,20H,18-19H2,1-4H3;3-15,17H,16H2,1-2H3,(H,34,35);1-2H3,(H2,3,5,6). The molecule has 0 unspecified atom stereocenters. The summed E-state index contributed by atoms with van der Waals surface area (Å²) in [6.45, 7) is 8.54. The summed E-state index contributed by atoms with van der Waals surface area (Å²) in [7, 11) is -1.50. The number of hydrogen-bond acceptors (Lipinski definition) is 12. The van der Waals surface area contributed by atoms with Crippen molar-refractivity contribution in [3.05, 3.63) is 212 Å². The van der Waals surface area contributed by atoms with Crippen LogP contribution >= 0.6 is 46.4 Å². The van der Waals surface area contributed by atoms with E-state index in [0.29, 0.717) is 81.8 Å². The number of Topliss-reactive ketones (excluding diaryl/α,β-unsaturated/α-hetero) is 1. The van der Waals surface area contributed by atoms with E-state index in [1.807, 2.05) is 125 Å². The van der Waals surface area contributed by atoms with E-state index in [0.717, 1.165) is 58.5 Å². The number of sulfonamides is 1. The molecule has 16 nitrogen and oxygen atoms in total. The lowest BCUT2D eigenvalue weighted by atomic mass is 9.97. The summed E-state index contributed by atoms with van der Waals surface area (Å²) in [6.07, 6.45) is 0. The molecule has 0 aliphatic carbocycles. The summed E-state index contributed by atoms with van der Waals surface area (Å²) >= 11 is 25.8. The van der Waals surface area contributed by atoms with E-state index in [1.165, 1.54) is 28.2 Å². The molecule has 0 radical (unpaired) electrons. The van der Waals surface area contributed by atoms with Gasteiger partial charge in [-0.1, -0.05) is 175 Å². The Labute approximate surface area is 525 Å². The molecular formula is C65H61Cl4N5O11S2. The number of carboxylic acid groups (broad SMARTS) is 1. The highest BCUT2D eigenvalue weighted by Gasteiger charge is 2.27. The number of ether oxygens (including phenoxy) is 2. The van der Waals surface area contributed by atoms with Crippen LogP contribution in [0.25, 0.3) is 66.3 Å². The minimum Gasteiger partial charge on any atom is -0.489 e. The smallest absolute Gasteiger partial charge is 0.336 e. The molecule has 0 bridgehead atoms. The van der Waals surface area contributed by atoms with Gasteiger partial charge in [0.1, 0.15) is 53.4 Å². The first-order chi connectivity index (χ1) is 41.2. The van der Waals surface area contributed by atoms with E-state index in [9.17, 15) is 31.5 Å². The van der Waals surface area contributed by atoms with E-state index < -0.39 is 37.7 Å². The number of halogens is 4. The molecule has 87 heavy (non-hydrogen) atoms. The highest BCUT2D eigenvalue weighted by atomic mass is 35.5. The Bertz CT molecular complexity index is 4340. The van der Waals surface area contributed by atoms with Gasteiger partial charge >= 0.3 is 5.97 Å². The Kier molecular flexibility index (Phi) is 21.1. The average molecular weight is 1290 g/mol. The van der Waals surface area contributed by atoms with Crippen molar-refractivity contribution >= 4 is 99.9 Å². The van der Waals surface area contributed by atoms with Crippen molar-refractivity contribution in [1.29, 1.82) is 0 Å². The van der Waals surface area contributed by atoms with Crippen LogP contribution in [0.4, 0.5) is 0 Å². The number of aromatic carboxylic acids is 1. The number of nitrogens with two attached hydrogens (primary N) is 1. The molecule has 0 saturated heterocycles. The minimum atomic E-state index is -3.66. The molecule has 2 aromatic heterocycles. The third kappa shape index (κ3) is 15.6. The molecule has 0 amide bonds. The summed E-state index contributed by atoms with van der Waals surface area (Å²) in [4.78, 5) is 24.4. The number of hydrogen-bond donors (Lipinski definition) is 2. The number of aromatic nitrogens is 2. The Morgan fingerprint density at radius 1 is 0.529 bits per heavy atom. The summed E-state index contributed by atoms with van der Waals surface area (Å²) in [5.41, 5.74) is 8.50. The van der Waals surface area contributed by atoms with Crippen LogP contribution in [0.1, 0.15) is 82.9 Å². The van der Waals surface area contributed by atoms with Gasteiger partial charge in [-0.25, -0.2) is 22.7 Å². The molecule has 10 rings (SSSR count). The van der Waals surface area contributed by atoms with Crippen LogP contribution in [0.5, 0.6) is 11.5 Å². The normalized spacial score (nSPS) is 11.7. The van der Waals surface area contributed by atoms with Crippen molar-refractivity contribution < 1.29 is 50.1 Å². The molecule has 0 aliphatic rings. The lowest BCUT2D eigenvalue weighted by molar-refractivity contribution is 0.0698. The number of carbonyl (C=O) groups excluding carboxylic acids is 1. The number of benzene rings is 8. The second-order valence-corrected chi connectivity index (χ2v) is 26.5. The van der Waals surface area contributed by atoms with Crippen LogP contribution in [-0.4, -0.2) is 86.6 Å². The van der Waals surface area contributed by atoms with Crippen LogP contribution in [0.15, 0.2) is 167 Å². The fourth-order valence-electron chi connectivity index (χ4n) is 9.20. The largest absolute Gasteiger partial charge is 0.489 e. The zero-order valence-electron chi connectivity index (χ0n) is 48.5. The van der Waals surface area contributed by atoms with Crippen LogP contribution < -0.4 is 14.6 Å². The molecule has 0 spiro atoms. The number of rotatable bonds is 18. The lowest BCUT2D eigenvalue weighted by Crippen LogP contribution is -2.29. The molecule has 0 aliphatic heterocycles. The number of carbonyl (C=O) groups is 2. The van der Waals surface area contributed by atoms with Crippen molar-refractivity contribution in [2.45, 2.75) is 52.7 Å². The van der Waals surface area contributed by atoms with Crippen molar-refractivity contribution in [3.63, 3.8) is 0 Å². The van der Waals surface area contributed by atoms with E-state index in [4.69, 9.17) is 64.9 Å². The first-order valence-electron chi connectivity index (χ1n) is 27.0. The SMILES string of the molecule is CC(C)c1onc(-c2c(Cl)cccc2Cl)c1COc1ccc(-c2ccc3c(C(=O)CS(=O)(=O)N(C)C)cccc3c2)cc1.CC(C)c1onc(-c2c(Cl)cccc2Cl)c1COc1ccc(-c2ccc3c(C(=O)O)cccc3c2)cc1.CN(C)S(N)(=O)=O. The average Bonchev–Trinajstić information content (AvgIpc) is 2.17. The quantitative estimate of drug-likeness (QED) is 0.0763. The number of carboxylic acids is 1. The van der Waals surface area contributed by atoms with E-state index in [1.54, 1.807) is 60.7 Å². The Hall–Kier alpha value is -7.62. The summed E-state index contributed by atoms with van der Waals surface area (Å²) < 4.78 is 70.2. The van der Waals surface area contributed by atoms with Crippen LogP contribution in [-0.2, 0) is 33.4 Å². The van der Waals surface area contributed by atoms with E-state index >= 15 is 0 Å². The highest BCUT2D eigenvalue weighted by molar-refractivity contribution is 7.89. The maximum atomic E-state index is 12.9. The van der Waals surface area contributed by atoms with Gasteiger partial charge in [-0.15, -0.1) is 0 Å². The number of nitrogens with zero attached hydrogens (tertiary/aromatic N) is 4. The topological polar surface area (TPSA) is 226 Å². The minimum absolute atomic E-state index is 0.0737. The maximum absolute atomic E-state index is 12.9. The van der Waals surface area contributed by atoms with Gasteiger partial charge in [-0.3, -0.25) is 4.79 Å². The zero-order valence-corrected chi connectivity index (χ0v) is 53.2. The Morgan fingerprint density at radius 2 is 0.885 bits per heavy atom. The van der Waals surface area contributed by atoms with Crippen molar-refractivity contribution in [3.8, 4) is 56.3 Å². The Balaban J connectivity index is 0.000000205. The van der Waals surface area contributed by atoms with Gasteiger partial charge in [-0.05, 0) is 111 Å². The molecule has 0 atom stereocenters. The van der Waals surface area contributed by atoms with Gasteiger partial charge in [-0.2, -0.15) is 12.7 Å². The monoisotopic (exact) mass is 1290 g/mol. The number of fused-ring (bicyclic) bond motifs is 2. The molecule has 0 fully saturated rings. The third-order valence-corrected chi connectivity index (χ3v) is 17.9. The van der Waals surface area contributed by atoms with Crippen LogP contribution in [0.3, 0.4) is 0 Å². The molecule has 10 aromatic rings. The van der Waals surface area contributed by atoms with Crippen molar-refractivity contribution in [2.75, 3.05) is 33.9 Å². The van der Waals surface area contributed by atoms with Gasteiger partial charge in [0.05, 0.1) is 36.8 Å². The molecule has 452 valence electrons. The summed E-state index contributed by atoms with van der Waals surface area (Å²) in [5, 5.41) is 27.6. The predicted molar refractivity (Wildman–Crippen MR) is 345 cm³/mol. The van der Waals surface area contributed by atoms with E-state index in [2.05, 4.69) is 15.5 Å². The van der Waals surface area contributed by atoms with Crippen molar-refractivity contribution in [2.24, 2.45) is 5.14 Å². The van der Waals surface area contributed by atoms with Crippen LogP contribution in [0.2, 0.25) is 20.1 Å². The highest BCUT2D eigenvalue weighted by Crippen LogP contribution is 2.41. The number of ketones is 1. The Morgan fingerprint density at radius 3 is 1.24 bits per heavy atom. The zero-order chi connectivity index (χ0) is 63.1. The van der Waals surface area contributed by atoms with Gasteiger partial charge < -0.3 is 23.6 Å². The fraction of sp³-hybridized carbons (Fsp3) is 0.200. The van der Waals surface area contributed by atoms with Gasteiger partial charge in [0, 0.05) is 56.7 Å². The molecule has 0 saturated carbocycles. The van der Waals surface area contributed by atoms with E-state index in [-0.39, 0.29) is 25.0 Å². The van der Waals surface area contributed by atoms with Crippen molar-refractivity contribution in [1.82, 2.24) is 18.9 Å². The first-order valence-corrected chi connectivity index (χ1v) is 31.6. The molecule has 3 N–H and O–H groups in total. The van der Waals surface area contributed by atoms with Gasteiger partial charge in [0.2, 0.25) is 10.0 Å². The fourth-order valence-corrected chi connectivity index (χ4v) is 11.1. The second-order valence-electron chi connectivity index (χ2n) is 21.0. The molecule has 8 aromatic carbocycles. The maximum Gasteiger partial charge on any atom is 0.336 e. The summed E-state index contributed by atoms with van der Waals surface area (Å²) in [6, 6.07) is 48.2. The third-order valence-electron chi connectivity index (χ3n) is 13.9. The lowest BCUT2D eigenvalue weighted by Gasteiger charge is -2.12. The molecular weight excluding hydrogens is 1230 g/mol. The molecule has 2 heterocycles. The van der Waals surface area contributed by atoms with Crippen LogP contribution in [0, 0.1) is 0 Å². The van der Waals surface area contributed by atoms with Gasteiger partial charge in [0.15, 0.2) is 5.78 Å². The van der Waals surface area contributed by atoms with Gasteiger partial charge in [0.25, 0.3) is 10.2 Å². The second kappa shape index (κ2) is 28.0.